The summed E-state index contributed by atoms with van der Waals surface area (Å²) in [5.74, 6) is 0.881. The fourth-order valence-electron chi connectivity index (χ4n) is 3.81. The quantitative estimate of drug-likeness (QED) is 0.404. The van der Waals surface area contributed by atoms with Gasteiger partial charge in [-0.2, -0.15) is 0 Å². The molecule has 0 spiro atoms. The molecule has 0 bridgehead atoms. The van der Waals surface area contributed by atoms with E-state index in [4.69, 9.17) is 9.47 Å². The Labute approximate surface area is 157 Å². The van der Waals surface area contributed by atoms with Gasteiger partial charge in [-0.3, -0.25) is 4.99 Å². The molecule has 1 aromatic rings. The smallest absolute Gasteiger partial charge is 0.191 e. The second kappa shape index (κ2) is 9.93. The van der Waals surface area contributed by atoms with Crippen LogP contribution in [0.25, 0.3) is 0 Å². The SMILES string of the molecule is CN=C(NCCCOCC1CCCO1)NCC1(c2ccccc2)CCC1. The number of ether oxygens (including phenoxy) is 2. The van der Waals surface area contributed by atoms with E-state index in [0.29, 0.717) is 6.10 Å². The Morgan fingerprint density at radius 3 is 2.73 bits per heavy atom. The van der Waals surface area contributed by atoms with E-state index < -0.39 is 0 Å². The molecule has 0 amide bonds. The highest BCUT2D eigenvalue weighted by Gasteiger charge is 2.38. The summed E-state index contributed by atoms with van der Waals surface area (Å²) in [6.45, 7) is 4.18. The van der Waals surface area contributed by atoms with Crippen LogP contribution in [0.2, 0.25) is 0 Å². The Hall–Kier alpha value is -1.59. The van der Waals surface area contributed by atoms with Gasteiger partial charge in [0, 0.05) is 38.8 Å². The molecule has 1 aromatic carbocycles. The molecule has 1 saturated carbocycles. The lowest BCUT2D eigenvalue weighted by Crippen LogP contribution is -2.49. The van der Waals surface area contributed by atoms with E-state index in [0.717, 1.165) is 51.7 Å². The number of nitrogens with one attached hydrogen (secondary N) is 2. The molecule has 2 N–H and O–H groups in total. The van der Waals surface area contributed by atoms with Crippen LogP contribution in [-0.4, -0.2) is 52.0 Å². The van der Waals surface area contributed by atoms with Gasteiger partial charge in [0.05, 0.1) is 12.7 Å². The minimum atomic E-state index is 0.267. The van der Waals surface area contributed by atoms with Crippen molar-refractivity contribution in [2.24, 2.45) is 4.99 Å². The van der Waals surface area contributed by atoms with E-state index in [1.807, 2.05) is 7.05 Å². The minimum absolute atomic E-state index is 0.267. The lowest BCUT2D eigenvalue weighted by molar-refractivity contribution is 0.0168. The molecule has 2 fully saturated rings. The number of aliphatic imine (C=N–C) groups is 1. The van der Waals surface area contributed by atoms with Crippen molar-refractivity contribution in [3.05, 3.63) is 35.9 Å². The zero-order chi connectivity index (χ0) is 18.1. The maximum absolute atomic E-state index is 5.71. The molecule has 1 heterocycles. The molecule has 2 aliphatic rings. The van der Waals surface area contributed by atoms with Crippen molar-refractivity contribution >= 4 is 5.96 Å². The Bertz CT molecular complexity index is 552. The number of guanidine groups is 1. The van der Waals surface area contributed by atoms with Gasteiger partial charge in [0.25, 0.3) is 0 Å². The molecule has 3 rings (SSSR count). The normalized spacial score (nSPS) is 22.0. The molecule has 1 saturated heterocycles. The van der Waals surface area contributed by atoms with Gasteiger partial charge in [-0.05, 0) is 37.7 Å². The fraction of sp³-hybridized carbons (Fsp3) is 0.667. The number of nitrogens with zero attached hydrogens (tertiary/aromatic N) is 1. The summed E-state index contributed by atoms with van der Waals surface area (Å²) in [6, 6.07) is 10.9. The van der Waals surface area contributed by atoms with Gasteiger partial charge >= 0.3 is 0 Å². The van der Waals surface area contributed by atoms with E-state index >= 15 is 0 Å². The summed E-state index contributed by atoms with van der Waals surface area (Å²) in [6.07, 6.45) is 7.40. The Morgan fingerprint density at radius 1 is 1.23 bits per heavy atom. The van der Waals surface area contributed by atoms with E-state index in [1.54, 1.807) is 0 Å². The standard InChI is InChI=1S/C21H33N3O2/c1-22-20(23-13-7-14-25-16-19-10-5-15-26-19)24-17-21(11-6-12-21)18-8-3-2-4-9-18/h2-4,8-9,19H,5-7,10-17H2,1H3,(H2,22,23,24). The number of rotatable bonds is 9. The summed E-state index contributed by atoms with van der Waals surface area (Å²) in [5, 5.41) is 6.92. The van der Waals surface area contributed by atoms with Gasteiger partial charge in [-0.25, -0.2) is 0 Å². The van der Waals surface area contributed by atoms with Crippen molar-refractivity contribution in [3.8, 4) is 0 Å². The number of hydrogen-bond acceptors (Lipinski definition) is 3. The van der Waals surface area contributed by atoms with E-state index in [2.05, 4.69) is 46.0 Å². The van der Waals surface area contributed by atoms with Crippen LogP contribution in [0.3, 0.4) is 0 Å². The summed E-state index contributed by atoms with van der Waals surface area (Å²) < 4.78 is 11.3. The van der Waals surface area contributed by atoms with Crippen molar-refractivity contribution in [3.63, 3.8) is 0 Å². The van der Waals surface area contributed by atoms with Crippen LogP contribution in [0.1, 0.15) is 44.1 Å². The molecule has 0 aromatic heterocycles. The molecule has 1 aliphatic carbocycles. The molecule has 144 valence electrons. The first kappa shape index (κ1) is 19.2. The molecule has 0 radical (unpaired) electrons. The predicted molar refractivity (Wildman–Crippen MR) is 106 cm³/mol. The van der Waals surface area contributed by atoms with Gasteiger partial charge < -0.3 is 20.1 Å². The van der Waals surface area contributed by atoms with Crippen LogP contribution in [-0.2, 0) is 14.9 Å². The largest absolute Gasteiger partial charge is 0.379 e. The molecular weight excluding hydrogens is 326 g/mol. The molecule has 1 aliphatic heterocycles. The van der Waals surface area contributed by atoms with Gasteiger partial charge in [0.15, 0.2) is 5.96 Å². The lowest BCUT2D eigenvalue weighted by atomic mass is 9.64. The van der Waals surface area contributed by atoms with Crippen LogP contribution in [0.4, 0.5) is 0 Å². The second-order valence-electron chi connectivity index (χ2n) is 7.42. The van der Waals surface area contributed by atoms with E-state index in [9.17, 15) is 0 Å². The first-order chi connectivity index (χ1) is 12.8. The van der Waals surface area contributed by atoms with Gasteiger partial charge in [-0.15, -0.1) is 0 Å². The molecule has 5 heteroatoms. The zero-order valence-electron chi connectivity index (χ0n) is 16.0. The monoisotopic (exact) mass is 359 g/mol. The lowest BCUT2D eigenvalue weighted by Gasteiger charge is -2.43. The van der Waals surface area contributed by atoms with Crippen LogP contribution in [0, 0.1) is 0 Å². The van der Waals surface area contributed by atoms with Crippen LogP contribution < -0.4 is 10.6 Å². The minimum Gasteiger partial charge on any atom is -0.379 e. The maximum atomic E-state index is 5.71. The average Bonchev–Trinajstić information content (AvgIpc) is 3.16. The van der Waals surface area contributed by atoms with Crippen molar-refractivity contribution in [1.29, 1.82) is 0 Å². The van der Waals surface area contributed by atoms with Crippen molar-refractivity contribution in [2.75, 3.05) is 40.0 Å². The van der Waals surface area contributed by atoms with Crippen LogP contribution in [0.15, 0.2) is 35.3 Å². The van der Waals surface area contributed by atoms with Gasteiger partial charge in [0.2, 0.25) is 0 Å². The highest BCUT2D eigenvalue weighted by atomic mass is 16.5. The van der Waals surface area contributed by atoms with Crippen molar-refractivity contribution < 1.29 is 9.47 Å². The third-order valence-electron chi connectivity index (χ3n) is 5.60. The Balaban J connectivity index is 1.33. The third-order valence-corrected chi connectivity index (χ3v) is 5.60. The van der Waals surface area contributed by atoms with Crippen molar-refractivity contribution in [2.45, 2.75) is 50.0 Å². The van der Waals surface area contributed by atoms with Crippen LogP contribution >= 0.6 is 0 Å². The number of benzene rings is 1. The topological polar surface area (TPSA) is 54.9 Å². The van der Waals surface area contributed by atoms with Crippen LogP contribution in [0.5, 0.6) is 0 Å². The summed E-state index contributed by atoms with van der Waals surface area (Å²) in [7, 11) is 1.83. The molecule has 1 unspecified atom stereocenters. The van der Waals surface area contributed by atoms with E-state index in [-0.39, 0.29) is 5.41 Å². The maximum Gasteiger partial charge on any atom is 0.191 e. The third kappa shape index (κ3) is 5.21. The highest BCUT2D eigenvalue weighted by Crippen LogP contribution is 2.43. The van der Waals surface area contributed by atoms with Gasteiger partial charge in [-0.1, -0.05) is 36.8 Å². The zero-order valence-corrected chi connectivity index (χ0v) is 16.0. The molecular formula is C21H33N3O2. The average molecular weight is 360 g/mol. The Morgan fingerprint density at radius 2 is 2.08 bits per heavy atom. The van der Waals surface area contributed by atoms with Gasteiger partial charge in [0.1, 0.15) is 0 Å². The molecule has 5 nitrogen and oxygen atoms in total. The van der Waals surface area contributed by atoms with Crippen molar-refractivity contribution in [1.82, 2.24) is 10.6 Å². The first-order valence-electron chi connectivity index (χ1n) is 10.0. The molecule has 1 atom stereocenters. The Kier molecular flexibility index (Phi) is 7.32. The molecule has 26 heavy (non-hydrogen) atoms. The fourth-order valence-corrected chi connectivity index (χ4v) is 3.81. The van der Waals surface area contributed by atoms with E-state index in [1.165, 1.54) is 31.2 Å². The summed E-state index contributed by atoms with van der Waals surface area (Å²) in [4.78, 5) is 4.36. The highest BCUT2D eigenvalue weighted by molar-refractivity contribution is 5.79. The summed E-state index contributed by atoms with van der Waals surface area (Å²) in [5.41, 5.74) is 1.71. The second-order valence-corrected chi connectivity index (χ2v) is 7.42. The first-order valence-corrected chi connectivity index (χ1v) is 10.0. The summed E-state index contributed by atoms with van der Waals surface area (Å²) >= 11 is 0. The number of hydrogen-bond donors (Lipinski definition) is 2. The predicted octanol–water partition coefficient (Wildman–Crippen LogP) is 2.86.